The van der Waals surface area contributed by atoms with Crippen molar-refractivity contribution in [2.45, 2.75) is 71.6 Å². The van der Waals surface area contributed by atoms with Crippen molar-refractivity contribution in [2.75, 3.05) is 0 Å². The lowest BCUT2D eigenvalue weighted by atomic mass is 9.83. The molecule has 0 aromatic heterocycles. The Labute approximate surface area is 234 Å². The van der Waals surface area contributed by atoms with Gasteiger partial charge in [-0.3, -0.25) is 0 Å². The van der Waals surface area contributed by atoms with Crippen LogP contribution in [0.3, 0.4) is 0 Å². The second-order valence-electron chi connectivity index (χ2n) is 11.8. The molecule has 2 atom stereocenters. The Morgan fingerprint density at radius 3 is 2.13 bits per heavy atom. The standard InChI is InChI=1S/C39H40/c1-6-29-10-7-11-31(21-29)28(5)38-24-35(23-34-14-9-15-37(39(34)38)30-17-18-30)33-13-8-12-32(22-33)27(4)36-19-16-25(2)20-26(36)3/h7-16,19-24,27-28,30H,6,17-18H2,1-5H3/t27?,28-/m1/s1. The van der Waals surface area contributed by atoms with Gasteiger partial charge in [0.25, 0.3) is 0 Å². The van der Waals surface area contributed by atoms with Crippen molar-refractivity contribution in [3.05, 3.63) is 142 Å². The van der Waals surface area contributed by atoms with Gasteiger partial charge < -0.3 is 0 Å². The van der Waals surface area contributed by atoms with Crippen molar-refractivity contribution in [1.29, 1.82) is 0 Å². The van der Waals surface area contributed by atoms with Crippen molar-refractivity contribution >= 4 is 10.8 Å². The van der Waals surface area contributed by atoms with Gasteiger partial charge in [-0.15, -0.1) is 0 Å². The van der Waals surface area contributed by atoms with E-state index in [4.69, 9.17) is 0 Å². The second-order valence-corrected chi connectivity index (χ2v) is 11.8. The first kappa shape index (κ1) is 25.6. The number of aryl methyl sites for hydroxylation is 3. The molecule has 1 fully saturated rings. The maximum atomic E-state index is 2.50. The molecule has 0 amide bonds. The first-order valence-electron chi connectivity index (χ1n) is 14.8. The summed E-state index contributed by atoms with van der Waals surface area (Å²) < 4.78 is 0. The van der Waals surface area contributed by atoms with Crippen LogP contribution in [-0.2, 0) is 6.42 Å². The van der Waals surface area contributed by atoms with Crippen LogP contribution in [0.1, 0.15) is 95.9 Å². The average molecular weight is 509 g/mol. The van der Waals surface area contributed by atoms with Crippen molar-refractivity contribution in [2.24, 2.45) is 0 Å². The Kier molecular flexibility index (Phi) is 6.90. The largest absolute Gasteiger partial charge is 0.0617 e. The molecule has 1 aliphatic carbocycles. The SMILES string of the molecule is CCc1cccc([C@@H](C)c2cc(-c3cccc(C(C)c4ccc(C)cc4C)c3)cc3cccc(C4CC4)c23)c1. The zero-order valence-corrected chi connectivity index (χ0v) is 24.1. The van der Waals surface area contributed by atoms with Gasteiger partial charge in [0.15, 0.2) is 0 Å². The summed E-state index contributed by atoms with van der Waals surface area (Å²) in [7, 11) is 0. The van der Waals surface area contributed by atoms with Gasteiger partial charge in [-0.1, -0.05) is 111 Å². The molecule has 0 heteroatoms. The molecular weight excluding hydrogens is 468 g/mol. The Morgan fingerprint density at radius 2 is 1.38 bits per heavy atom. The maximum absolute atomic E-state index is 2.50. The Bertz CT molecular complexity index is 1650. The highest BCUT2D eigenvalue weighted by Crippen LogP contribution is 2.46. The van der Waals surface area contributed by atoms with E-state index in [1.54, 1.807) is 5.56 Å². The number of rotatable bonds is 7. The Morgan fingerprint density at radius 1 is 0.667 bits per heavy atom. The quantitative estimate of drug-likeness (QED) is 0.205. The molecule has 1 aliphatic rings. The molecule has 0 aliphatic heterocycles. The molecule has 0 nitrogen and oxygen atoms in total. The summed E-state index contributed by atoms with van der Waals surface area (Å²) in [5, 5.41) is 2.86. The monoisotopic (exact) mass is 508 g/mol. The van der Waals surface area contributed by atoms with Crippen LogP contribution in [0.15, 0.2) is 97.1 Å². The molecule has 0 saturated heterocycles. The molecule has 5 aromatic rings. The third-order valence-corrected chi connectivity index (χ3v) is 8.99. The van der Waals surface area contributed by atoms with Gasteiger partial charge in [0, 0.05) is 11.8 Å². The molecule has 5 aromatic carbocycles. The van der Waals surface area contributed by atoms with Gasteiger partial charge in [-0.05, 0) is 112 Å². The van der Waals surface area contributed by atoms with Crippen molar-refractivity contribution in [3.63, 3.8) is 0 Å². The van der Waals surface area contributed by atoms with E-state index in [0.29, 0.717) is 11.8 Å². The fraction of sp³-hybridized carbons (Fsp3) is 0.282. The maximum Gasteiger partial charge on any atom is 0.00675 e. The summed E-state index contributed by atoms with van der Waals surface area (Å²) in [5.41, 5.74) is 13.9. The number of fused-ring (bicyclic) bond motifs is 1. The highest BCUT2D eigenvalue weighted by molar-refractivity contribution is 5.94. The van der Waals surface area contributed by atoms with Gasteiger partial charge in [0.1, 0.15) is 0 Å². The minimum atomic E-state index is 0.330. The molecule has 39 heavy (non-hydrogen) atoms. The van der Waals surface area contributed by atoms with Crippen molar-refractivity contribution in [1.82, 2.24) is 0 Å². The van der Waals surface area contributed by atoms with E-state index in [1.165, 1.54) is 73.7 Å². The zero-order chi connectivity index (χ0) is 27.1. The third kappa shape index (κ3) is 5.06. The van der Waals surface area contributed by atoms with Gasteiger partial charge >= 0.3 is 0 Å². The van der Waals surface area contributed by atoms with Gasteiger partial charge in [0.05, 0.1) is 0 Å². The van der Waals surface area contributed by atoms with Crippen LogP contribution in [0, 0.1) is 13.8 Å². The Balaban J connectivity index is 1.48. The zero-order valence-electron chi connectivity index (χ0n) is 24.1. The summed E-state index contributed by atoms with van der Waals surface area (Å²) in [4.78, 5) is 0. The third-order valence-electron chi connectivity index (χ3n) is 8.99. The minimum absolute atomic E-state index is 0.330. The van der Waals surface area contributed by atoms with Crippen LogP contribution in [0.2, 0.25) is 0 Å². The van der Waals surface area contributed by atoms with Crippen LogP contribution in [0.5, 0.6) is 0 Å². The summed E-state index contributed by atoms with van der Waals surface area (Å²) in [5.74, 6) is 1.40. The van der Waals surface area contributed by atoms with E-state index >= 15 is 0 Å². The van der Waals surface area contributed by atoms with Crippen LogP contribution in [0.25, 0.3) is 21.9 Å². The molecule has 1 unspecified atom stereocenters. The lowest BCUT2D eigenvalue weighted by Crippen LogP contribution is -2.02. The molecular formula is C39H40. The summed E-state index contributed by atoms with van der Waals surface area (Å²) in [6, 6.07) is 37.2. The van der Waals surface area contributed by atoms with Gasteiger partial charge in [0.2, 0.25) is 0 Å². The number of hydrogen-bond acceptors (Lipinski definition) is 0. The molecule has 0 heterocycles. The molecule has 1 saturated carbocycles. The number of hydrogen-bond donors (Lipinski definition) is 0. The number of benzene rings is 5. The highest BCUT2D eigenvalue weighted by Gasteiger charge is 2.27. The smallest absolute Gasteiger partial charge is 0.00675 e. The van der Waals surface area contributed by atoms with E-state index in [9.17, 15) is 0 Å². The predicted octanol–water partition coefficient (Wildman–Crippen LogP) is 10.9. The summed E-state index contributed by atoms with van der Waals surface area (Å²) in [6.45, 7) is 11.4. The topological polar surface area (TPSA) is 0 Å². The molecule has 196 valence electrons. The van der Waals surface area contributed by atoms with Crippen molar-refractivity contribution < 1.29 is 0 Å². The first-order chi connectivity index (χ1) is 18.9. The Hall–Kier alpha value is -3.64. The normalized spacial score (nSPS) is 14.9. The highest BCUT2D eigenvalue weighted by atomic mass is 14.3. The first-order valence-corrected chi connectivity index (χ1v) is 14.8. The second kappa shape index (κ2) is 10.5. The molecule has 6 rings (SSSR count). The lowest BCUT2D eigenvalue weighted by molar-refractivity contribution is 0.909. The van der Waals surface area contributed by atoms with E-state index in [-0.39, 0.29) is 0 Å². The molecule has 0 bridgehead atoms. The van der Waals surface area contributed by atoms with Gasteiger partial charge in [-0.25, -0.2) is 0 Å². The van der Waals surface area contributed by atoms with E-state index in [2.05, 4.69) is 132 Å². The van der Waals surface area contributed by atoms with Crippen molar-refractivity contribution in [3.8, 4) is 11.1 Å². The lowest BCUT2D eigenvalue weighted by Gasteiger charge is -2.21. The van der Waals surface area contributed by atoms with Crippen LogP contribution in [-0.4, -0.2) is 0 Å². The predicted molar refractivity (Wildman–Crippen MR) is 168 cm³/mol. The summed E-state index contributed by atoms with van der Waals surface area (Å²) >= 11 is 0. The van der Waals surface area contributed by atoms with Crippen LogP contribution >= 0.6 is 0 Å². The molecule has 0 N–H and O–H groups in total. The van der Waals surface area contributed by atoms with E-state index in [1.807, 2.05) is 0 Å². The van der Waals surface area contributed by atoms with Crippen LogP contribution < -0.4 is 0 Å². The molecule has 0 spiro atoms. The molecule has 0 radical (unpaired) electrons. The van der Waals surface area contributed by atoms with E-state index in [0.717, 1.165) is 12.3 Å². The average Bonchev–Trinajstić information content (AvgIpc) is 3.81. The fourth-order valence-electron chi connectivity index (χ4n) is 6.47. The summed E-state index contributed by atoms with van der Waals surface area (Å²) in [6.07, 6.45) is 3.71. The van der Waals surface area contributed by atoms with Crippen LogP contribution in [0.4, 0.5) is 0 Å². The fourth-order valence-corrected chi connectivity index (χ4v) is 6.47. The minimum Gasteiger partial charge on any atom is -0.0617 e. The van der Waals surface area contributed by atoms with Gasteiger partial charge in [-0.2, -0.15) is 0 Å². The van der Waals surface area contributed by atoms with E-state index < -0.39 is 0 Å².